The predicted octanol–water partition coefficient (Wildman–Crippen LogP) is 1.43. The summed E-state index contributed by atoms with van der Waals surface area (Å²) in [4.78, 5) is 0. The van der Waals surface area contributed by atoms with Crippen molar-refractivity contribution in [2.45, 2.75) is 12.0 Å². The van der Waals surface area contributed by atoms with Crippen molar-refractivity contribution in [2.24, 2.45) is 0 Å². The molecule has 5 heteroatoms. The van der Waals surface area contributed by atoms with E-state index in [9.17, 15) is 5.11 Å². The first kappa shape index (κ1) is 13.9. The van der Waals surface area contributed by atoms with Crippen LogP contribution in [0, 0.1) is 0 Å². The molecule has 0 fully saturated rings. The SMILES string of the molecule is COCOC(CO)(Cc1ccccc1)C1=COCO1. The number of hydrogen-bond donors (Lipinski definition) is 1. The van der Waals surface area contributed by atoms with E-state index in [0.29, 0.717) is 12.2 Å². The summed E-state index contributed by atoms with van der Waals surface area (Å²) in [6.45, 7) is -0.0171. The standard InChI is InChI=1S/C14H18O5/c1-16-10-19-14(9-15,13-8-17-11-18-13)7-12-5-3-2-4-6-12/h2-6,8,15H,7,9-11H2,1H3. The fourth-order valence-electron chi connectivity index (χ4n) is 1.97. The van der Waals surface area contributed by atoms with Gasteiger partial charge >= 0.3 is 0 Å². The van der Waals surface area contributed by atoms with Crippen LogP contribution in [-0.4, -0.2) is 38.0 Å². The molecule has 1 N–H and O–H groups in total. The second-order valence-corrected chi connectivity index (χ2v) is 4.28. The minimum absolute atomic E-state index is 0.0636. The first-order valence-corrected chi connectivity index (χ1v) is 6.03. The lowest BCUT2D eigenvalue weighted by molar-refractivity contribution is -0.148. The molecule has 1 aromatic carbocycles. The van der Waals surface area contributed by atoms with E-state index in [0.717, 1.165) is 5.56 Å². The van der Waals surface area contributed by atoms with Gasteiger partial charge in [0.15, 0.2) is 11.4 Å². The quantitative estimate of drug-likeness (QED) is 0.756. The number of hydrogen-bond acceptors (Lipinski definition) is 5. The van der Waals surface area contributed by atoms with Crippen molar-refractivity contribution in [1.29, 1.82) is 0 Å². The summed E-state index contributed by atoms with van der Waals surface area (Å²) >= 11 is 0. The zero-order chi connectivity index (χ0) is 13.6. The van der Waals surface area contributed by atoms with Gasteiger partial charge in [0.1, 0.15) is 13.1 Å². The van der Waals surface area contributed by atoms with Crippen molar-refractivity contribution in [3.63, 3.8) is 0 Å². The van der Waals surface area contributed by atoms with Crippen LogP contribution in [0.25, 0.3) is 0 Å². The first-order valence-electron chi connectivity index (χ1n) is 6.03. The van der Waals surface area contributed by atoms with Crippen molar-refractivity contribution in [2.75, 3.05) is 27.3 Å². The third-order valence-electron chi connectivity index (χ3n) is 2.96. The second kappa shape index (κ2) is 6.56. The number of methoxy groups -OCH3 is 1. The lowest BCUT2D eigenvalue weighted by atomic mass is 9.93. The molecular formula is C14H18O5. The Balaban J connectivity index is 2.21. The van der Waals surface area contributed by atoms with E-state index >= 15 is 0 Å². The van der Waals surface area contributed by atoms with Crippen LogP contribution in [0.4, 0.5) is 0 Å². The van der Waals surface area contributed by atoms with Crippen molar-refractivity contribution < 1.29 is 24.1 Å². The number of aliphatic hydroxyl groups excluding tert-OH is 1. The molecule has 0 aromatic heterocycles. The molecule has 1 heterocycles. The third-order valence-corrected chi connectivity index (χ3v) is 2.96. The van der Waals surface area contributed by atoms with Gasteiger partial charge in [-0.25, -0.2) is 0 Å². The van der Waals surface area contributed by atoms with Gasteiger partial charge in [0, 0.05) is 13.5 Å². The molecule has 0 spiro atoms. The maximum atomic E-state index is 9.77. The molecule has 19 heavy (non-hydrogen) atoms. The fourth-order valence-corrected chi connectivity index (χ4v) is 1.97. The van der Waals surface area contributed by atoms with Gasteiger partial charge in [-0.3, -0.25) is 0 Å². The van der Waals surface area contributed by atoms with Crippen LogP contribution in [0.1, 0.15) is 5.56 Å². The number of ether oxygens (including phenoxy) is 4. The average molecular weight is 266 g/mol. The highest BCUT2D eigenvalue weighted by molar-refractivity contribution is 5.22. The van der Waals surface area contributed by atoms with Gasteiger partial charge < -0.3 is 24.1 Å². The van der Waals surface area contributed by atoms with Crippen LogP contribution < -0.4 is 0 Å². The van der Waals surface area contributed by atoms with E-state index in [1.165, 1.54) is 13.4 Å². The van der Waals surface area contributed by atoms with Gasteiger partial charge in [-0.1, -0.05) is 30.3 Å². The summed E-state index contributed by atoms with van der Waals surface area (Å²) in [5.74, 6) is 0.482. The number of benzene rings is 1. The van der Waals surface area contributed by atoms with E-state index in [-0.39, 0.29) is 20.2 Å². The number of aliphatic hydroxyl groups is 1. The summed E-state index contributed by atoms with van der Waals surface area (Å²) in [6, 6.07) is 9.75. The molecule has 0 saturated carbocycles. The monoisotopic (exact) mass is 266 g/mol. The van der Waals surface area contributed by atoms with E-state index < -0.39 is 5.60 Å². The molecule has 0 amide bonds. The minimum atomic E-state index is -0.978. The molecule has 5 nitrogen and oxygen atoms in total. The maximum absolute atomic E-state index is 9.77. The molecule has 1 atom stereocenters. The molecule has 104 valence electrons. The Morgan fingerprint density at radius 1 is 1.32 bits per heavy atom. The topological polar surface area (TPSA) is 57.2 Å². The van der Waals surface area contributed by atoms with Crippen LogP contribution in [0.15, 0.2) is 42.4 Å². The van der Waals surface area contributed by atoms with Gasteiger partial charge in [-0.05, 0) is 5.56 Å². The highest BCUT2D eigenvalue weighted by Gasteiger charge is 2.39. The van der Waals surface area contributed by atoms with E-state index in [2.05, 4.69) is 0 Å². The Bertz CT molecular complexity index is 417. The highest BCUT2D eigenvalue weighted by Crippen LogP contribution is 2.30. The lowest BCUT2D eigenvalue weighted by Gasteiger charge is -2.31. The molecule has 1 aromatic rings. The van der Waals surface area contributed by atoms with Gasteiger partial charge in [0.25, 0.3) is 0 Å². The molecule has 0 saturated heterocycles. The van der Waals surface area contributed by atoms with E-state index in [4.69, 9.17) is 18.9 Å². The Morgan fingerprint density at radius 3 is 2.68 bits per heavy atom. The summed E-state index contributed by atoms with van der Waals surface area (Å²) in [5, 5.41) is 9.77. The number of rotatable bonds is 7. The van der Waals surface area contributed by atoms with Crippen LogP contribution >= 0.6 is 0 Å². The van der Waals surface area contributed by atoms with Gasteiger partial charge in [0.2, 0.25) is 6.79 Å². The summed E-state index contributed by atoms with van der Waals surface area (Å²) < 4.78 is 21.1. The van der Waals surface area contributed by atoms with Crippen molar-refractivity contribution in [1.82, 2.24) is 0 Å². The van der Waals surface area contributed by atoms with Gasteiger partial charge in [-0.15, -0.1) is 0 Å². The molecule has 2 rings (SSSR count). The molecule has 0 radical (unpaired) electrons. The molecule has 0 aliphatic carbocycles. The van der Waals surface area contributed by atoms with Crippen molar-refractivity contribution in [3.8, 4) is 0 Å². The Morgan fingerprint density at radius 2 is 2.11 bits per heavy atom. The molecule has 1 aliphatic heterocycles. The zero-order valence-electron chi connectivity index (χ0n) is 10.9. The van der Waals surface area contributed by atoms with Gasteiger partial charge in [0.05, 0.1) is 6.61 Å². The molecule has 0 bridgehead atoms. The predicted molar refractivity (Wildman–Crippen MR) is 68.0 cm³/mol. The Kier molecular flexibility index (Phi) is 4.79. The minimum Gasteiger partial charge on any atom is -0.461 e. The fraction of sp³-hybridized carbons (Fsp3) is 0.429. The largest absolute Gasteiger partial charge is 0.461 e. The smallest absolute Gasteiger partial charge is 0.230 e. The summed E-state index contributed by atoms with van der Waals surface area (Å²) in [6.07, 6.45) is 1.96. The van der Waals surface area contributed by atoms with E-state index in [1.807, 2.05) is 30.3 Å². The highest BCUT2D eigenvalue weighted by atomic mass is 16.7. The Labute approximate surface area is 112 Å². The van der Waals surface area contributed by atoms with Crippen molar-refractivity contribution in [3.05, 3.63) is 47.9 Å². The third kappa shape index (κ3) is 3.26. The van der Waals surface area contributed by atoms with Crippen LogP contribution in [0.3, 0.4) is 0 Å². The summed E-state index contributed by atoms with van der Waals surface area (Å²) in [5.41, 5.74) is 0.0532. The van der Waals surface area contributed by atoms with Gasteiger partial charge in [-0.2, -0.15) is 0 Å². The van der Waals surface area contributed by atoms with Crippen LogP contribution in [0.5, 0.6) is 0 Å². The van der Waals surface area contributed by atoms with E-state index in [1.54, 1.807) is 0 Å². The van der Waals surface area contributed by atoms with Crippen LogP contribution in [0.2, 0.25) is 0 Å². The van der Waals surface area contributed by atoms with Crippen LogP contribution in [-0.2, 0) is 25.4 Å². The maximum Gasteiger partial charge on any atom is 0.230 e. The average Bonchev–Trinajstić information content (AvgIpc) is 2.99. The normalized spacial score (nSPS) is 17.3. The second-order valence-electron chi connectivity index (χ2n) is 4.28. The molecule has 1 unspecified atom stereocenters. The molecule has 1 aliphatic rings. The summed E-state index contributed by atoms with van der Waals surface area (Å²) in [7, 11) is 1.53. The molecular weight excluding hydrogens is 248 g/mol. The Hall–Kier alpha value is -1.56. The lowest BCUT2D eigenvalue weighted by Crippen LogP contribution is -2.42. The first-order chi connectivity index (χ1) is 9.30. The zero-order valence-corrected chi connectivity index (χ0v) is 10.9. The van der Waals surface area contributed by atoms with Crippen molar-refractivity contribution >= 4 is 0 Å².